The van der Waals surface area contributed by atoms with Crippen LogP contribution in [0.1, 0.15) is 19.8 Å². The minimum atomic E-state index is -3.81. The second-order valence-corrected chi connectivity index (χ2v) is 8.81. The molecule has 1 aliphatic heterocycles. The lowest BCUT2D eigenvalue weighted by Gasteiger charge is -2.30. The van der Waals surface area contributed by atoms with Gasteiger partial charge in [-0.3, -0.25) is 4.79 Å². The average molecular weight is 283 g/mol. The van der Waals surface area contributed by atoms with Crippen LogP contribution in [0, 0.1) is 5.92 Å². The third-order valence-electron chi connectivity index (χ3n) is 2.74. The molecule has 17 heavy (non-hydrogen) atoms. The first-order chi connectivity index (χ1) is 7.65. The first kappa shape index (κ1) is 14.6. The molecule has 0 aromatic heterocycles. The fraction of sp³-hybridized carbons (Fsp3) is 0.889. The molecule has 6 nitrogen and oxygen atoms in total. The predicted molar refractivity (Wildman–Crippen MR) is 63.6 cm³/mol. The van der Waals surface area contributed by atoms with Crippen molar-refractivity contribution in [3.8, 4) is 0 Å². The lowest BCUT2D eigenvalue weighted by Crippen LogP contribution is -2.45. The third kappa shape index (κ3) is 4.04. The highest BCUT2D eigenvalue weighted by Gasteiger charge is 2.34. The zero-order valence-electron chi connectivity index (χ0n) is 9.92. The lowest BCUT2D eigenvalue weighted by molar-refractivity contribution is -0.125. The van der Waals surface area contributed by atoms with E-state index >= 15 is 0 Å². The van der Waals surface area contributed by atoms with Crippen LogP contribution in [0.2, 0.25) is 0 Å². The number of ketones is 1. The maximum absolute atomic E-state index is 11.8. The molecule has 8 heteroatoms. The minimum Gasteiger partial charge on any atom is -0.299 e. The van der Waals surface area contributed by atoms with Crippen LogP contribution in [0.5, 0.6) is 0 Å². The Labute approximate surface area is 102 Å². The maximum atomic E-state index is 11.8. The Morgan fingerprint density at radius 1 is 1.29 bits per heavy atom. The molecule has 0 radical (unpaired) electrons. The summed E-state index contributed by atoms with van der Waals surface area (Å²) < 4.78 is 46.8. The van der Waals surface area contributed by atoms with Crippen LogP contribution in [0.3, 0.4) is 0 Å². The largest absolute Gasteiger partial charge is 0.299 e. The van der Waals surface area contributed by atoms with Crippen molar-refractivity contribution < 1.29 is 21.6 Å². The van der Waals surface area contributed by atoms with Crippen molar-refractivity contribution in [3.05, 3.63) is 0 Å². The van der Waals surface area contributed by atoms with E-state index < -0.39 is 24.9 Å². The van der Waals surface area contributed by atoms with Crippen LogP contribution >= 0.6 is 0 Å². The Balaban J connectivity index is 2.84. The Morgan fingerprint density at radius 3 is 2.35 bits per heavy atom. The van der Waals surface area contributed by atoms with E-state index in [2.05, 4.69) is 0 Å². The van der Waals surface area contributed by atoms with Crippen molar-refractivity contribution in [2.75, 3.05) is 24.4 Å². The third-order valence-corrected chi connectivity index (χ3v) is 6.76. The fourth-order valence-corrected chi connectivity index (χ4v) is 5.37. The minimum absolute atomic E-state index is 0.0540. The summed E-state index contributed by atoms with van der Waals surface area (Å²) in [6.07, 6.45) is 1.63. The van der Waals surface area contributed by atoms with E-state index in [-0.39, 0.29) is 31.2 Å². The van der Waals surface area contributed by atoms with E-state index in [0.717, 1.165) is 10.6 Å². The summed E-state index contributed by atoms with van der Waals surface area (Å²) in [6, 6.07) is 0. The van der Waals surface area contributed by atoms with Crippen molar-refractivity contribution in [3.63, 3.8) is 0 Å². The number of sulfone groups is 1. The number of carbonyl (C=O) groups is 1. The normalized spacial score (nSPS) is 23.9. The molecule has 1 heterocycles. The molecule has 1 fully saturated rings. The number of rotatable bonds is 4. The van der Waals surface area contributed by atoms with Gasteiger partial charge in [0.1, 0.15) is 5.78 Å². The van der Waals surface area contributed by atoms with E-state index in [4.69, 9.17) is 0 Å². The molecular weight excluding hydrogens is 266 g/mol. The highest BCUT2D eigenvalue weighted by Crippen LogP contribution is 2.19. The molecule has 0 amide bonds. The van der Waals surface area contributed by atoms with Crippen LogP contribution in [0.4, 0.5) is 0 Å². The Hall–Kier alpha value is -0.470. The van der Waals surface area contributed by atoms with Crippen molar-refractivity contribution in [1.29, 1.82) is 0 Å². The van der Waals surface area contributed by atoms with Gasteiger partial charge in [-0.25, -0.2) is 16.8 Å². The Bertz CT molecular complexity index is 493. The Kier molecular flexibility index (Phi) is 4.32. The van der Waals surface area contributed by atoms with Gasteiger partial charge in [-0.1, -0.05) is 6.92 Å². The van der Waals surface area contributed by atoms with Crippen LogP contribution in [-0.2, 0) is 24.7 Å². The number of hydrogen-bond acceptors (Lipinski definition) is 5. The van der Waals surface area contributed by atoms with Crippen LogP contribution in [0.15, 0.2) is 0 Å². The summed E-state index contributed by atoms with van der Waals surface area (Å²) >= 11 is 0. The van der Waals surface area contributed by atoms with Crippen molar-refractivity contribution in [2.24, 2.45) is 5.92 Å². The summed E-state index contributed by atoms with van der Waals surface area (Å²) in [5.74, 6) is -0.253. The monoisotopic (exact) mass is 283 g/mol. The van der Waals surface area contributed by atoms with Gasteiger partial charge in [-0.05, 0) is 6.42 Å². The molecule has 0 aromatic rings. The number of nitrogens with zero attached hydrogens (tertiary/aromatic N) is 1. The summed E-state index contributed by atoms with van der Waals surface area (Å²) in [5, 5.41) is -0.884. The van der Waals surface area contributed by atoms with Crippen LogP contribution in [0.25, 0.3) is 0 Å². The van der Waals surface area contributed by atoms with Gasteiger partial charge in [-0.2, -0.15) is 4.31 Å². The molecule has 0 N–H and O–H groups in total. The number of Topliss-reactive ketones (excluding diaryl/α,β-unsaturated/α-hetero) is 1. The summed E-state index contributed by atoms with van der Waals surface area (Å²) in [4.78, 5) is 11.4. The average Bonchev–Trinajstić information content (AvgIpc) is 2.14. The van der Waals surface area contributed by atoms with E-state index in [1.807, 2.05) is 6.92 Å². The molecule has 1 unspecified atom stereocenters. The predicted octanol–water partition coefficient (Wildman–Crippen LogP) is -0.381. The van der Waals surface area contributed by atoms with Gasteiger partial charge in [0.25, 0.3) is 0 Å². The zero-order valence-corrected chi connectivity index (χ0v) is 11.6. The van der Waals surface area contributed by atoms with Gasteiger partial charge >= 0.3 is 0 Å². The van der Waals surface area contributed by atoms with Gasteiger partial charge in [0.2, 0.25) is 10.0 Å². The van der Waals surface area contributed by atoms with Crippen LogP contribution < -0.4 is 0 Å². The molecule has 1 rings (SSSR count). The van der Waals surface area contributed by atoms with Gasteiger partial charge < -0.3 is 0 Å². The van der Waals surface area contributed by atoms with Crippen LogP contribution in [-0.4, -0.2) is 51.4 Å². The molecular formula is C9H17NO5S2. The molecule has 1 saturated heterocycles. The molecule has 100 valence electrons. The van der Waals surface area contributed by atoms with Crippen molar-refractivity contribution in [1.82, 2.24) is 4.31 Å². The van der Waals surface area contributed by atoms with E-state index in [1.165, 1.54) is 0 Å². The smallest absolute Gasteiger partial charge is 0.228 e. The van der Waals surface area contributed by atoms with Crippen molar-refractivity contribution in [2.45, 2.75) is 19.8 Å². The van der Waals surface area contributed by atoms with Gasteiger partial charge in [0.05, 0.1) is 0 Å². The molecule has 1 atom stereocenters. The highest BCUT2D eigenvalue weighted by molar-refractivity contribution is 8.06. The topological polar surface area (TPSA) is 88.6 Å². The molecule has 0 saturated carbocycles. The summed E-state index contributed by atoms with van der Waals surface area (Å²) in [7, 11) is -7.40. The second-order valence-electron chi connectivity index (χ2n) is 4.33. The standard InChI is InChI=1S/C9H17NO5S2/c1-3-8-6-10(5-4-9(8)11)17(14,15)7-16(2,12)13/h8H,3-7H2,1-2H3. The summed E-state index contributed by atoms with van der Waals surface area (Å²) in [6.45, 7) is 2.01. The summed E-state index contributed by atoms with van der Waals surface area (Å²) in [5.41, 5.74) is 0. The molecule has 0 bridgehead atoms. The number of sulfonamides is 1. The Morgan fingerprint density at radius 2 is 1.88 bits per heavy atom. The van der Waals surface area contributed by atoms with Gasteiger partial charge in [-0.15, -0.1) is 0 Å². The molecule has 0 aromatic carbocycles. The molecule has 1 aliphatic rings. The van der Waals surface area contributed by atoms with E-state index in [0.29, 0.717) is 6.42 Å². The van der Waals surface area contributed by atoms with E-state index in [1.54, 1.807) is 0 Å². The first-order valence-corrected chi connectivity index (χ1v) is 9.01. The first-order valence-electron chi connectivity index (χ1n) is 5.34. The van der Waals surface area contributed by atoms with Gasteiger partial charge in [0, 0.05) is 31.7 Å². The SMILES string of the molecule is CCC1CN(S(=O)(=O)CS(C)(=O)=O)CCC1=O. The van der Waals surface area contributed by atoms with E-state index in [9.17, 15) is 21.6 Å². The number of piperidine rings is 1. The lowest BCUT2D eigenvalue weighted by atomic mass is 9.96. The second kappa shape index (κ2) is 5.03. The maximum Gasteiger partial charge on any atom is 0.228 e. The quantitative estimate of drug-likeness (QED) is 0.701. The van der Waals surface area contributed by atoms with Gasteiger partial charge in [0.15, 0.2) is 14.9 Å². The highest BCUT2D eigenvalue weighted by atomic mass is 32.3. The van der Waals surface area contributed by atoms with Crippen molar-refractivity contribution >= 4 is 25.6 Å². The number of hydrogen-bond donors (Lipinski definition) is 0. The zero-order chi connectivity index (χ0) is 13.3. The molecule has 0 spiro atoms. The number of carbonyl (C=O) groups excluding carboxylic acids is 1. The fourth-order valence-electron chi connectivity index (χ4n) is 1.83. The molecule has 0 aliphatic carbocycles.